The molecule has 3 heterocycles. The maximum absolute atomic E-state index is 13.0. The second-order valence-electron chi connectivity index (χ2n) is 6.93. The van der Waals surface area contributed by atoms with Crippen molar-refractivity contribution in [2.24, 2.45) is 0 Å². The number of hydrogen-bond donors (Lipinski definition) is 0. The summed E-state index contributed by atoms with van der Waals surface area (Å²) >= 11 is 0. The Labute approximate surface area is 163 Å². The van der Waals surface area contributed by atoms with Gasteiger partial charge < -0.3 is 18.7 Å². The molecule has 0 saturated carbocycles. The number of amides is 1. The van der Waals surface area contributed by atoms with E-state index in [1.54, 1.807) is 18.1 Å². The van der Waals surface area contributed by atoms with Crippen LogP contribution in [0.15, 0.2) is 45.4 Å². The molecule has 1 saturated heterocycles. The number of carbonyl (C=O) groups is 1. The lowest BCUT2D eigenvalue weighted by Crippen LogP contribution is -2.30. The fraction of sp³-hybridized carbons (Fsp3) is 0.381. The molecule has 0 radical (unpaired) electrons. The molecule has 28 heavy (non-hydrogen) atoms. The Hall–Kier alpha value is -3.09. The highest BCUT2D eigenvalue weighted by Crippen LogP contribution is 2.33. The van der Waals surface area contributed by atoms with Gasteiger partial charge in [0.2, 0.25) is 5.76 Å². The standard InChI is InChI=1S/C21H23N3O4/c1-3-6-16-12-18(23-27-16)19-9-5-10-24(19)21(25)20-13-17(22-28-20)14-7-4-8-15(11-14)26-2/h4,7-8,11-13,19H,3,5-6,9-10H2,1-2H3/t19-/m0/s1. The van der Waals surface area contributed by atoms with Crippen molar-refractivity contribution in [3.8, 4) is 17.0 Å². The van der Waals surface area contributed by atoms with Crippen LogP contribution in [0.25, 0.3) is 11.3 Å². The maximum atomic E-state index is 13.0. The Morgan fingerprint density at radius 1 is 1.25 bits per heavy atom. The summed E-state index contributed by atoms with van der Waals surface area (Å²) in [6.07, 6.45) is 3.62. The molecule has 4 rings (SSSR count). The Kier molecular flexibility index (Phi) is 5.14. The molecular weight excluding hydrogens is 358 g/mol. The van der Waals surface area contributed by atoms with E-state index >= 15 is 0 Å². The van der Waals surface area contributed by atoms with Crippen LogP contribution >= 0.6 is 0 Å². The van der Waals surface area contributed by atoms with Crippen LogP contribution in [0.4, 0.5) is 0 Å². The Balaban J connectivity index is 1.54. The van der Waals surface area contributed by atoms with E-state index in [1.165, 1.54) is 0 Å². The Morgan fingerprint density at radius 2 is 2.14 bits per heavy atom. The zero-order valence-corrected chi connectivity index (χ0v) is 16.1. The number of aryl methyl sites for hydroxylation is 1. The smallest absolute Gasteiger partial charge is 0.293 e. The summed E-state index contributed by atoms with van der Waals surface area (Å²) in [6.45, 7) is 2.76. The van der Waals surface area contributed by atoms with Gasteiger partial charge in [0.25, 0.3) is 5.91 Å². The van der Waals surface area contributed by atoms with Gasteiger partial charge in [0, 0.05) is 30.7 Å². The van der Waals surface area contributed by atoms with Gasteiger partial charge in [0.15, 0.2) is 0 Å². The van der Waals surface area contributed by atoms with Gasteiger partial charge >= 0.3 is 0 Å². The van der Waals surface area contributed by atoms with Crippen molar-refractivity contribution < 1.29 is 18.6 Å². The van der Waals surface area contributed by atoms with Gasteiger partial charge in [0.05, 0.1) is 13.2 Å². The summed E-state index contributed by atoms with van der Waals surface area (Å²) in [6, 6.07) is 11.0. The van der Waals surface area contributed by atoms with Crippen LogP contribution in [0.1, 0.15) is 54.2 Å². The number of hydrogen-bond acceptors (Lipinski definition) is 6. The number of benzene rings is 1. The largest absolute Gasteiger partial charge is 0.497 e. The zero-order valence-electron chi connectivity index (χ0n) is 16.1. The van der Waals surface area contributed by atoms with E-state index in [9.17, 15) is 4.79 Å². The van der Waals surface area contributed by atoms with Crippen molar-refractivity contribution in [1.29, 1.82) is 0 Å². The molecule has 0 aliphatic carbocycles. The molecule has 1 aromatic carbocycles. The van der Waals surface area contributed by atoms with Crippen molar-refractivity contribution in [3.05, 3.63) is 53.6 Å². The van der Waals surface area contributed by atoms with Crippen molar-refractivity contribution in [3.63, 3.8) is 0 Å². The molecule has 1 atom stereocenters. The minimum absolute atomic E-state index is 0.0905. The number of carbonyl (C=O) groups excluding carboxylic acids is 1. The summed E-state index contributed by atoms with van der Waals surface area (Å²) in [5, 5.41) is 8.25. The van der Waals surface area contributed by atoms with Gasteiger partial charge in [-0.15, -0.1) is 0 Å². The summed E-state index contributed by atoms with van der Waals surface area (Å²) in [5.74, 6) is 1.63. The minimum Gasteiger partial charge on any atom is -0.497 e. The summed E-state index contributed by atoms with van der Waals surface area (Å²) in [4.78, 5) is 14.8. The van der Waals surface area contributed by atoms with Crippen LogP contribution in [0.3, 0.4) is 0 Å². The van der Waals surface area contributed by atoms with Gasteiger partial charge in [-0.3, -0.25) is 4.79 Å². The second kappa shape index (κ2) is 7.88. The van der Waals surface area contributed by atoms with Crippen LogP contribution < -0.4 is 4.74 Å². The minimum atomic E-state index is -0.177. The van der Waals surface area contributed by atoms with Crippen LogP contribution in [0, 0.1) is 0 Å². The first-order chi connectivity index (χ1) is 13.7. The average molecular weight is 381 g/mol. The van der Waals surface area contributed by atoms with Crippen LogP contribution in [0.5, 0.6) is 5.75 Å². The SMILES string of the molecule is CCCc1cc([C@@H]2CCCN2C(=O)c2cc(-c3cccc(OC)c3)no2)no1. The molecule has 1 aliphatic heterocycles. The third kappa shape index (κ3) is 3.52. The van der Waals surface area contributed by atoms with Gasteiger partial charge in [-0.05, 0) is 31.4 Å². The number of nitrogens with zero attached hydrogens (tertiary/aromatic N) is 3. The predicted molar refractivity (Wildman–Crippen MR) is 102 cm³/mol. The summed E-state index contributed by atoms with van der Waals surface area (Å²) in [5.41, 5.74) is 2.24. The first-order valence-corrected chi connectivity index (χ1v) is 9.57. The van der Waals surface area contributed by atoms with E-state index < -0.39 is 0 Å². The van der Waals surface area contributed by atoms with Crippen molar-refractivity contribution in [2.45, 2.75) is 38.6 Å². The lowest BCUT2D eigenvalue weighted by molar-refractivity contribution is 0.0688. The molecule has 7 heteroatoms. The lowest BCUT2D eigenvalue weighted by Gasteiger charge is -2.21. The van der Waals surface area contributed by atoms with E-state index in [1.807, 2.05) is 30.3 Å². The maximum Gasteiger partial charge on any atom is 0.293 e. The van der Waals surface area contributed by atoms with Gasteiger partial charge in [0.1, 0.15) is 22.9 Å². The average Bonchev–Trinajstić information content (AvgIpc) is 3.47. The monoisotopic (exact) mass is 381 g/mol. The molecule has 0 N–H and O–H groups in total. The zero-order chi connectivity index (χ0) is 19.5. The summed E-state index contributed by atoms with van der Waals surface area (Å²) in [7, 11) is 1.61. The quantitative estimate of drug-likeness (QED) is 0.634. The Morgan fingerprint density at radius 3 is 2.96 bits per heavy atom. The molecule has 0 spiro atoms. The lowest BCUT2D eigenvalue weighted by atomic mass is 10.1. The van der Waals surface area contributed by atoms with E-state index in [0.29, 0.717) is 12.2 Å². The highest BCUT2D eigenvalue weighted by atomic mass is 16.5. The molecule has 1 aliphatic rings. The highest BCUT2D eigenvalue weighted by Gasteiger charge is 2.34. The fourth-order valence-electron chi connectivity index (χ4n) is 3.60. The molecule has 146 valence electrons. The number of likely N-dealkylation sites (tertiary alicyclic amines) is 1. The van der Waals surface area contributed by atoms with E-state index in [-0.39, 0.29) is 17.7 Å². The molecule has 7 nitrogen and oxygen atoms in total. The number of methoxy groups -OCH3 is 1. The van der Waals surface area contributed by atoms with Crippen LogP contribution in [0.2, 0.25) is 0 Å². The molecule has 1 amide bonds. The molecule has 0 bridgehead atoms. The number of aromatic nitrogens is 2. The van der Waals surface area contributed by atoms with E-state index in [2.05, 4.69) is 17.2 Å². The third-order valence-corrected chi connectivity index (χ3v) is 5.02. The molecular formula is C21H23N3O4. The first-order valence-electron chi connectivity index (χ1n) is 9.57. The number of ether oxygens (including phenoxy) is 1. The molecule has 2 aromatic heterocycles. The van der Waals surface area contributed by atoms with Crippen LogP contribution in [-0.2, 0) is 6.42 Å². The highest BCUT2D eigenvalue weighted by molar-refractivity contribution is 5.93. The normalized spacial score (nSPS) is 16.5. The molecule has 3 aromatic rings. The van der Waals surface area contributed by atoms with Crippen molar-refractivity contribution in [1.82, 2.24) is 15.2 Å². The number of rotatable bonds is 6. The fourth-order valence-corrected chi connectivity index (χ4v) is 3.60. The van der Waals surface area contributed by atoms with Crippen LogP contribution in [-0.4, -0.2) is 34.8 Å². The molecule has 0 unspecified atom stereocenters. The topological polar surface area (TPSA) is 81.6 Å². The predicted octanol–water partition coefficient (Wildman–Crippen LogP) is 4.27. The van der Waals surface area contributed by atoms with Gasteiger partial charge in [-0.25, -0.2) is 0 Å². The van der Waals surface area contributed by atoms with Gasteiger partial charge in [-0.2, -0.15) is 0 Å². The van der Waals surface area contributed by atoms with E-state index in [0.717, 1.165) is 48.5 Å². The van der Waals surface area contributed by atoms with E-state index in [4.69, 9.17) is 13.8 Å². The van der Waals surface area contributed by atoms with Crippen molar-refractivity contribution >= 4 is 5.91 Å². The molecule has 1 fully saturated rings. The van der Waals surface area contributed by atoms with Crippen molar-refractivity contribution in [2.75, 3.05) is 13.7 Å². The van der Waals surface area contributed by atoms with Gasteiger partial charge in [-0.1, -0.05) is 29.4 Å². The third-order valence-electron chi connectivity index (χ3n) is 5.02. The second-order valence-corrected chi connectivity index (χ2v) is 6.93. The first kappa shape index (κ1) is 18.3. The Bertz CT molecular complexity index is 962. The summed E-state index contributed by atoms with van der Waals surface area (Å²) < 4.78 is 16.0.